The molecule has 0 bridgehead atoms. The number of nitrogens with zero attached hydrogens (tertiary/aromatic N) is 2. The van der Waals surface area contributed by atoms with Crippen LogP contribution in [-0.2, 0) is 23.7 Å². The van der Waals surface area contributed by atoms with Gasteiger partial charge in [-0.25, -0.2) is 0 Å². The Balaban J connectivity index is 0.794. The van der Waals surface area contributed by atoms with Crippen LogP contribution in [0, 0.1) is 0 Å². The quantitative estimate of drug-likeness (QED) is 0.128. The van der Waals surface area contributed by atoms with Gasteiger partial charge in [0.15, 0.2) is 0 Å². The van der Waals surface area contributed by atoms with Gasteiger partial charge in [-0.05, 0) is 164 Å². The van der Waals surface area contributed by atoms with Crippen LogP contribution in [0.1, 0.15) is 61.1 Å². The fraction of sp³-hybridized carbons (Fsp3) is 0.118. The highest BCUT2D eigenvalue weighted by atomic mass is 15.1. The number of rotatable bonds is 11. The zero-order chi connectivity index (χ0) is 47.4. The first-order valence-corrected chi connectivity index (χ1v) is 24.8. The molecule has 12 rings (SSSR count). The topological polar surface area (TPSA) is 6.48 Å². The number of para-hydroxylation sites is 2. The molecule has 0 amide bonds. The molecule has 2 aliphatic rings. The summed E-state index contributed by atoms with van der Waals surface area (Å²) >= 11 is 0. The van der Waals surface area contributed by atoms with E-state index in [1.54, 1.807) is 0 Å². The SMILES string of the molecule is CC1(C)c2cc(CCc3ccc4c(c3)C(C)(C)c3cc(N(c5ccccc5)c5ccc(-c6ccccc6)cc5)ccc3-4)ccc2-c2ccc(N(c3ccccc3)c3ccc(-c4ccccc4)cc3)cc21. The first-order valence-electron chi connectivity index (χ1n) is 24.8. The summed E-state index contributed by atoms with van der Waals surface area (Å²) in [5.74, 6) is 0. The smallest absolute Gasteiger partial charge is 0.0465 e. The molecule has 0 unspecified atom stereocenters. The summed E-state index contributed by atoms with van der Waals surface area (Å²) in [6.45, 7) is 9.61. The molecule has 0 aromatic heterocycles. The molecule has 70 heavy (non-hydrogen) atoms. The third-order valence-electron chi connectivity index (χ3n) is 15.2. The second-order valence-corrected chi connectivity index (χ2v) is 20.1. The maximum absolute atomic E-state index is 2.49. The van der Waals surface area contributed by atoms with Gasteiger partial charge in [-0.15, -0.1) is 0 Å². The predicted molar refractivity (Wildman–Crippen MR) is 296 cm³/mol. The van der Waals surface area contributed by atoms with E-state index in [-0.39, 0.29) is 10.8 Å². The average Bonchev–Trinajstić information content (AvgIpc) is 3.77. The lowest BCUT2D eigenvalue weighted by molar-refractivity contribution is 0.657. The molecule has 0 heterocycles. The minimum atomic E-state index is -0.153. The molecule has 0 saturated carbocycles. The molecule has 10 aromatic carbocycles. The molecular weight excluding hydrogens is 845 g/mol. The van der Waals surface area contributed by atoms with Gasteiger partial charge in [0.25, 0.3) is 0 Å². The second-order valence-electron chi connectivity index (χ2n) is 20.1. The van der Waals surface area contributed by atoms with E-state index < -0.39 is 0 Å². The van der Waals surface area contributed by atoms with Gasteiger partial charge in [-0.2, -0.15) is 0 Å². The van der Waals surface area contributed by atoms with Crippen LogP contribution in [0.3, 0.4) is 0 Å². The predicted octanol–water partition coefficient (Wildman–Crippen LogP) is 18.4. The van der Waals surface area contributed by atoms with Crippen molar-refractivity contribution in [3.8, 4) is 44.5 Å². The minimum Gasteiger partial charge on any atom is -0.310 e. The van der Waals surface area contributed by atoms with Crippen LogP contribution in [0.2, 0.25) is 0 Å². The summed E-state index contributed by atoms with van der Waals surface area (Å²) in [4.78, 5) is 4.78. The van der Waals surface area contributed by atoms with Crippen LogP contribution < -0.4 is 9.80 Å². The van der Waals surface area contributed by atoms with E-state index in [9.17, 15) is 0 Å². The first-order chi connectivity index (χ1) is 34.2. The Morgan fingerprint density at radius 1 is 0.257 bits per heavy atom. The molecule has 2 nitrogen and oxygen atoms in total. The zero-order valence-electron chi connectivity index (χ0n) is 40.4. The molecule has 0 saturated heterocycles. The highest BCUT2D eigenvalue weighted by molar-refractivity contribution is 5.88. The fourth-order valence-electron chi connectivity index (χ4n) is 11.3. The second kappa shape index (κ2) is 17.4. The van der Waals surface area contributed by atoms with Gasteiger partial charge < -0.3 is 9.80 Å². The molecule has 338 valence electrons. The molecule has 0 fully saturated rings. The molecule has 2 aliphatic carbocycles. The van der Waals surface area contributed by atoms with Crippen LogP contribution in [0.4, 0.5) is 34.1 Å². The van der Waals surface area contributed by atoms with Gasteiger partial charge in [-0.1, -0.05) is 198 Å². The number of hydrogen-bond donors (Lipinski definition) is 0. The van der Waals surface area contributed by atoms with Crippen LogP contribution in [0.15, 0.2) is 243 Å². The van der Waals surface area contributed by atoms with E-state index in [2.05, 4.69) is 280 Å². The lowest BCUT2D eigenvalue weighted by atomic mass is 9.81. The molecule has 0 N–H and O–H groups in total. The zero-order valence-corrected chi connectivity index (χ0v) is 40.4. The van der Waals surface area contributed by atoms with E-state index in [0.717, 1.165) is 35.6 Å². The van der Waals surface area contributed by atoms with Crippen molar-refractivity contribution < 1.29 is 0 Å². The third kappa shape index (κ3) is 7.61. The Hall–Kier alpha value is -8.20. The van der Waals surface area contributed by atoms with Gasteiger partial charge >= 0.3 is 0 Å². The van der Waals surface area contributed by atoms with Gasteiger partial charge in [0.1, 0.15) is 0 Å². The summed E-state index contributed by atoms with van der Waals surface area (Å²) in [6, 6.07) is 89.3. The Bertz CT molecular complexity index is 3260. The lowest BCUT2D eigenvalue weighted by Gasteiger charge is -2.28. The maximum atomic E-state index is 2.49. The van der Waals surface area contributed by atoms with Crippen molar-refractivity contribution >= 4 is 34.1 Å². The third-order valence-corrected chi connectivity index (χ3v) is 15.2. The summed E-state index contributed by atoms with van der Waals surface area (Å²) < 4.78 is 0. The number of fused-ring (bicyclic) bond motifs is 6. The average molecular weight is 901 g/mol. The van der Waals surface area contributed by atoms with Crippen LogP contribution in [0.25, 0.3) is 44.5 Å². The Labute approximate surface area is 413 Å². The highest BCUT2D eigenvalue weighted by Crippen LogP contribution is 2.53. The van der Waals surface area contributed by atoms with E-state index in [1.165, 1.54) is 89.3 Å². The van der Waals surface area contributed by atoms with Crippen molar-refractivity contribution in [2.24, 2.45) is 0 Å². The Kier molecular flexibility index (Phi) is 10.7. The molecule has 0 spiro atoms. The van der Waals surface area contributed by atoms with Crippen molar-refractivity contribution in [1.29, 1.82) is 0 Å². The summed E-state index contributed by atoms with van der Waals surface area (Å²) in [7, 11) is 0. The van der Waals surface area contributed by atoms with Crippen molar-refractivity contribution in [2.75, 3.05) is 9.80 Å². The monoisotopic (exact) mass is 900 g/mol. The number of aryl methyl sites for hydroxylation is 2. The lowest BCUT2D eigenvalue weighted by Crippen LogP contribution is -2.17. The minimum absolute atomic E-state index is 0.153. The molecule has 10 aromatic rings. The maximum Gasteiger partial charge on any atom is 0.0465 e. The molecule has 2 heteroatoms. The Morgan fingerprint density at radius 2 is 0.529 bits per heavy atom. The van der Waals surface area contributed by atoms with Gasteiger partial charge in [0, 0.05) is 45.0 Å². The summed E-state index contributed by atoms with van der Waals surface area (Å²) in [5.41, 5.74) is 25.2. The normalized spacial score (nSPS) is 13.5. The van der Waals surface area contributed by atoms with E-state index in [1.807, 2.05) is 0 Å². The number of benzene rings is 10. The van der Waals surface area contributed by atoms with Gasteiger partial charge in [0.2, 0.25) is 0 Å². The summed E-state index contributed by atoms with van der Waals surface area (Å²) in [5, 5.41) is 0. The first kappa shape index (κ1) is 43.1. The molecular formula is C68H56N2. The molecule has 0 radical (unpaired) electrons. The molecule has 0 aliphatic heterocycles. The fourth-order valence-corrected chi connectivity index (χ4v) is 11.3. The van der Waals surface area contributed by atoms with E-state index >= 15 is 0 Å². The van der Waals surface area contributed by atoms with Crippen LogP contribution in [-0.4, -0.2) is 0 Å². The Morgan fingerprint density at radius 3 is 0.886 bits per heavy atom. The standard InChI is InChI=1S/C68H56N2/c1-67(2)63-43-47(27-39-59(63)61-41-37-57(45-65(61)67)69(53-21-13-7-14-22-53)55-33-29-51(30-34-55)49-17-9-5-10-18-49)25-26-48-28-40-60-62-42-38-58(46-66(62)68(3,4)64(60)44-48)70(54-23-15-8-16-24-54)56-35-31-52(32-36-56)50-19-11-6-12-20-50/h5-24,27-46H,25-26H2,1-4H3. The summed E-state index contributed by atoms with van der Waals surface area (Å²) in [6.07, 6.45) is 1.97. The van der Waals surface area contributed by atoms with E-state index in [0.29, 0.717) is 0 Å². The van der Waals surface area contributed by atoms with Crippen molar-refractivity contribution in [3.05, 3.63) is 276 Å². The molecule has 0 atom stereocenters. The van der Waals surface area contributed by atoms with Crippen molar-refractivity contribution in [2.45, 2.75) is 51.4 Å². The largest absolute Gasteiger partial charge is 0.310 e. The van der Waals surface area contributed by atoms with Gasteiger partial charge in [-0.3, -0.25) is 0 Å². The van der Waals surface area contributed by atoms with Gasteiger partial charge in [0.05, 0.1) is 0 Å². The van der Waals surface area contributed by atoms with Crippen molar-refractivity contribution in [1.82, 2.24) is 0 Å². The highest BCUT2D eigenvalue weighted by Gasteiger charge is 2.38. The number of anilines is 6. The number of hydrogen-bond acceptors (Lipinski definition) is 2. The van der Waals surface area contributed by atoms with Crippen LogP contribution in [0.5, 0.6) is 0 Å². The van der Waals surface area contributed by atoms with Crippen molar-refractivity contribution in [3.63, 3.8) is 0 Å². The van der Waals surface area contributed by atoms with E-state index in [4.69, 9.17) is 0 Å². The van der Waals surface area contributed by atoms with Crippen LogP contribution >= 0.6 is 0 Å².